The summed E-state index contributed by atoms with van der Waals surface area (Å²) in [5.74, 6) is 0.731. The van der Waals surface area contributed by atoms with Crippen molar-refractivity contribution in [2.24, 2.45) is 5.92 Å². The highest BCUT2D eigenvalue weighted by atomic mass is 16.6. The van der Waals surface area contributed by atoms with Crippen LogP contribution in [0.3, 0.4) is 0 Å². The first-order chi connectivity index (χ1) is 10.5. The first-order valence-electron chi connectivity index (χ1n) is 7.84. The summed E-state index contributed by atoms with van der Waals surface area (Å²) in [6.07, 6.45) is 3.55. The van der Waals surface area contributed by atoms with Gasteiger partial charge >= 0.3 is 0 Å². The van der Waals surface area contributed by atoms with E-state index in [4.69, 9.17) is 0 Å². The number of fused-ring (bicyclic) bond motifs is 1. The van der Waals surface area contributed by atoms with Gasteiger partial charge < -0.3 is 4.90 Å². The van der Waals surface area contributed by atoms with Crippen molar-refractivity contribution in [2.75, 3.05) is 20.1 Å². The van der Waals surface area contributed by atoms with Gasteiger partial charge in [-0.2, -0.15) is 5.10 Å². The molecule has 118 valence electrons. The second-order valence-corrected chi connectivity index (χ2v) is 6.30. The minimum absolute atomic E-state index is 0.132. The van der Waals surface area contributed by atoms with Gasteiger partial charge in [0, 0.05) is 24.1 Å². The molecule has 1 aliphatic heterocycles. The number of nitro benzene ring substituents is 1. The molecule has 1 aromatic heterocycles. The Morgan fingerprint density at radius 2 is 2.09 bits per heavy atom. The molecule has 0 unspecified atom stereocenters. The molecule has 1 saturated heterocycles. The van der Waals surface area contributed by atoms with Gasteiger partial charge in [-0.15, -0.1) is 0 Å². The number of nitro groups is 1. The molecule has 2 heterocycles. The van der Waals surface area contributed by atoms with Crippen LogP contribution in [0.2, 0.25) is 0 Å². The number of aromatic nitrogens is 2. The van der Waals surface area contributed by atoms with E-state index in [1.54, 1.807) is 12.1 Å². The van der Waals surface area contributed by atoms with E-state index in [1.165, 1.54) is 12.8 Å². The SMILES string of the molecule is Cc1nn(CCC2CCN(C)CC2)c2cc([N+](=O)[O-])ccc12. The van der Waals surface area contributed by atoms with Crippen molar-refractivity contribution >= 4 is 16.6 Å². The van der Waals surface area contributed by atoms with E-state index in [0.717, 1.165) is 48.6 Å². The largest absolute Gasteiger partial charge is 0.306 e. The molecule has 1 aromatic carbocycles. The van der Waals surface area contributed by atoms with Crippen LogP contribution < -0.4 is 0 Å². The molecule has 0 amide bonds. The number of hydrogen-bond donors (Lipinski definition) is 0. The molecule has 0 aliphatic carbocycles. The van der Waals surface area contributed by atoms with Crippen LogP contribution in [0.5, 0.6) is 0 Å². The number of nitrogens with zero attached hydrogens (tertiary/aromatic N) is 4. The maximum absolute atomic E-state index is 11.0. The van der Waals surface area contributed by atoms with E-state index in [1.807, 2.05) is 17.7 Å². The van der Waals surface area contributed by atoms with Gasteiger partial charge in [-0.1, -0.05) is 0 Å². The lowest BCUT2D eigenvalue weighted by molar-refractivity contribution is -0.384. The van der Waals surface area contributed by atoms with E-state index in [9.17, 15) is 10.1 Å². The summed E-state index contributed by atoms with van der Waals surface area (Å²) in [6, 6.07) is 5.00. The van der Waals surface area contributed by atoms with Crippen LogP contribution in [-0.2, 0) is 6.54 Å². The quantitative estimate of drug-likeness (QED) is 0.643. The van der Waals surface area contributed by atoms with Crippen LogP contribution in [0.4, 0.5) is 5.69 Å². The predicted molar refractivity (Wildman–Crippen MR) is 86.0 cm³/mol. The van der Waals surface area contributed by atoms with Gasteiger partial charge in [-0.3, -0.25) is 14.8 Å². The summed E-state index contributed by atoms with van der Waals surface area (Å²) in [6.45, 7) is 5.12. The number of hydrogen-bond acceptors (Lipinski definition) is 4. The number of piperidine rings is 1. The van der Waals surface area contributed by atoms with Crippen LogP contribution in [0.1, 0.15) is 25.0 Å². The van der Waals surface area contributed by atoms with Crippen LogP contribution in [0.25, 0.3) is 10.9 Å². The topological polar surface area (TPSA) is 64.2 Å². The van der Waals surface area contributed by atoms with Gasteiger partial charge in [-0.05, 0) is 58.3 Å². The molecule has 6 heteroatoms. The molecule has 1 aliphatic rings. The molecule has 1 fully saturated rings. The van der Waals surface area contributed by atoms with Gasteiger partial charge in [0.15, 0.2) is 0 Å². The number of non-ortho nitro benzene ring substituents is 1. The maximum atomic E-state index is 11.0. The van der Waals surface area contributed by atoms with Crippen molar-refractivity contribution in [1.82, 2.24) is 14.7 Å². The summed E-state index contributed by atoms with van der Waals surface area (Å²) >= 11 is 0. The third kappa shape index (κ3) is 2.97. The van der Waals surface area contributed by atoms with E-state index in [-0.39, 0.29) is 10.6 Å². The fourth-order valence-corrected chi connectivity index (χ4v) is 3.27. The zero-order valence-electron chi connectivity index (χ0n) is 13.2. The van der Waals surface area contributed by atoms with Crippen molar-refractivity contribution in [2.45, 2.75) is 32.7 Å². The number of aryl methyl sites for hydroxylation is 2. The summed E-state index contributed by atoms with van der Waals surface area (Å²) in [4.78, 5) is 13.0. The second-order valence-electron chi connectivity index (χ2n) is 6.30. The van der Waals surface area contributed by atoms with Gasteiger partial charge in [0.05, 0.1) is 16.1 Å². The van der Waals surface area contributed by atoms with Gasteiger partial charge in [0.1, 0.15) is 0 Å². The van der Waals surface area contributed by atoms with Crippen molar-refractivity contribution in [3.8, 4) is 0 Å². The summed E-state index contributed by atoms with van der Waals surface area (Å²) in [5, 5.41) is 16.6. The van der Waals surface area contributed by atoms with Gasteiger partial charge in [0.2, 0.25) is 0 Å². The lowest BCUT2D eigenvalue weighted by Crippen LogP contribution is -2.30. The zero-order valence-corrected chi connectivity index (χ0v) is 13.2. The maximum Gasteiger partial charge on any atom is 0.271 e. The fourth-order valence-electron chi connectivity index (χ4n) is 3.27. The molecule has 0 bridgehead atoms. The average Bonchev–Trinajstić information content (AvgIpc) is 2.82. The minimum atomic E-state index is -0.344. The van der Waals surface area contributed by atoms with Crippen LogP contribution >= 0.6 is 0 Å². The highest BCUT2D eigenvalue weighted by Gasteiger charge is 2.18. The van der Waals surface area contributed by atoms with Crippen LogP contribution in [0, 0.1) is 23.0 Å². The molecule has 22 heavy (non-hydrogen) atoms. The number of rotatable bonds is 4. The summed E-state index contributed by atoms with van der Waals surface area (Å²) in [5.41, 5.74) is 1.95. The van der Waals surface area contributed by atoms with Gasteiger partial charge in [-0.25, -0.2) is 0 Å². The third-order valence-electron chi connectivity index (χ3n) is 4.72. The molecule has 3 rings (SSSR count). The Morgan fingerprint density at radius 3 is 2.77 bits per heavy atom. The van der Waals surface area contributed by atoms with Gasteiger partial charge in [0.25, 0.3) is 5.69 Å². The van der Waals surface area contributed by atoms with Crippen LogP contribution in [-0.4, -0.2) is 39.7 Å². The molecule has 0 radical (unpaired) electrons. The van der Waals surface area contributed by atoms with Crippen molar-refractivity contribution in [3.63, 3.8) is 0 Å². The van der Waals surface area contributed by atoms with E-state index < -0.39 is 0 Å². The van der Waals surface area contributed by atoms with Crippen molar-refractivity contribution < 1.29 is 4.92 Å². The number of benzene rings is 1. The standard InChI is InChI=1S/C16H22N4O2/c1-12-15-4-3-14(20(21)22)11-16(15)19(17-12)10-7-13-5-8-18(2)9-6-13/h3-4,11,13H,5-10H2,1-2H3. The molecule has 6 nitrogen and oxygen atoms in total. The monoisotopic (exact) mass is 302 g/mol. The molecular formula is C16H22N4O2. The molecule has 2 aromatic rings. The van der Waals surface area contributed by atoms with E-state index in [2.05, 4.69) is 17.0 Å². The Labute approximate surface area is 129 Å². The molecule has 0 atom stereocenters. The summed E-state index contributed by atoms with van der Waals surface area (Å²) in [7, 11) is 2.17. The average molecular weight is 302 g/mol. The zero-order chi connectivity index (χ0) is 15.7. The Hall–Kier alpha value is -1.95. The fraction of sp³-hybridized carbons (Fsp3) is 0.562. The van der Waals surface area contributed by atoms with E-state index >= 15 is 0 Å². The molecule has 0 N–H and O–H groups in total. The molecular weight excluding hydrogens is 280 g/mol. The first-order valence-corrected chi connectivity index (χ1v) is 7.84. The highest BCUT2D eigenvalue weighted by molar-refractivity contribution is 5.83. The Kier molecular flexibility index (Phi) is 4.11. The normalized spacial score (nSPS) is 17.2. The van der Waals surface area contributed by atoms with E-state index in [0.29, 0.717) is 0 Å². The number of likely N-dealkylation sites (tertiary alicyclic amines) is 1. The Balaban J connectivity index is 1.78. The molecule has 0 spiro atoms. The minimum Gasteiger partial charge on any atom is -0.306 e. The lowest BCUT2D eigenvalue weighted by atomic mass is 9.94. The smallest absolute Gasteiger partial charge is 0.271 e. The highest BCUT2D eigenvalue weighted by Crippen LogP contribution is 2.25. The Morgan fingerprint density at radius 1 is 1.36 bits per heavy atom. The second kappa shape index (κ2) is 6.04. The Bertz CT molecular complexity index is 687. The predicted octanol–water partition coefficient (Wildman–Crippen LogP) is 2.98. The van der Waals surface area contributed by atoms with Crippen molar-refractivity contribution in [3.05, 3.63) is 34.0 Å². The van der Waals surface area contributed by atoms with Crippen molar-refractivity contribution in [1.29, 1.82) is 0 Å². The lowest BCUT2D eigenvalue weighted by Gasteiger charge is -2.28. The summed E-state index contributed by atoms with van der Waals surface area (Å²) < 4.78 is 1.94. The molecule has 0 saturated carbocycles. The first kappa shape index (κ1) is 15.0. The van der Waals surface area contributed by atoms with Crippen LogP contribution in [0.15, 0.2) is 18.2 Å². The third-order valence-corrected chi connectivity index (χ3v) is 4.72.